The third kappa shape index (κ3) is 3.23. The highest BCUT2D eigenvalue weighted by atomic mass is 16.5. The molecule has 1 aliphatic rings. The van der Waals surface area contributed by atoms with Crippen LogP contribution in [0.1, 0.15) is 18.9 Å². The Kier molecular flexibility index (Phi) is 4.20. The number of hydrogen-bond acceptors (Lipinski definition) is 3. The van der Waals surface area contributed by atoms with Crippen molar-refractivity contribution in [3.05, 3.63) is 29.8 Å². The number of benzene rings is 1. The van der Waals surface area contributed by atoms with Crippen LogP contribution in [0.2, 0.25) is 0 Å². The monoisotopic (exact) mass is 248 g/mol. The smallest absolute Gasteiger partial charge is 0.219 e. The molecule has 98 valence electrons. The van der Waals surface area contributed by atoms with Crippen LogP contribution in [0.4, 0.5) is 5.69 Å². The zero-order valence-corrected chi connectivity index (χ0v) is 11.0. The van der Waals surface area contributed by atoms with Gasteiger partial charge < -0.3 is 15.0 Å². The maximum Gasteiger partial charge on any atom is 0.219 e. The number of anilines is 1. The van der Waals surface area contributed by atoms with Crippen LogP contribution in [0.25, 0.3) is 0 Å². The van der Waals surface area contributed by atoms with Crippen LogP contribution < -0.4 is 5.32 Å². The zero-order valence-electron chi connectivity index (χ0n) is 11.0. The van der Waals surface area contributed by atoms with Gasteiger partial charge in [0.25, 0.3) is 0 Å². The fraction of sp³-hybridized carbons (Fsp3) is 0.500. The van der Waals surface area contributed by atoms with E-state index in [0.717, 1.165) is 30.9 Å². The van der Waals surface area contributed by atoms with Gasteiger partial charge in [0.05, 0.1) is 12.6 Å². The highest BCUT2D eigenvalue weighted by Crippen LogP contribution is 2.20. The summed E-state index contributed by atoms with van der Waals surface area (Å²) in [5, 5.41) is 3.49. The summed E-state index contributed by atoms with van der Waals surface area (Å²) in [4.78, 5) is 13.0. The van der Waals surface area contributed by atoms with Crippen molar-refractivity contribution >= 4 is 11.6 Å². The van der Waals surface area contributed by atoms with Crippen LogP contribution in [0.5, 0.6) is 0 Å². The van der Waals surface area contributed by atoms with E-state index < -0.39 is 0 Å². The van der Waals surface area contributed by atoms with Gasteiger partial charge in [0, 0.05) is 32.8 Å². The summed E-state index contributed by atoms with van der Waals surface area (Å²) < 4.78 is 5.36. The topological polar surface area (TPSA) is 41.6 Å². The molecule has 0 aliphatic carbocycles. The summed E-state index contributed by atoms with van der Waals surface area (Å²) in [7, 11) is 1.82. The molecule has 1 heterocycles. The first-order chi connectivity index (χ1) is 8.66. The van der Waals surface area contributed by atoms with Gasteiger partial charge >= 0.3 is 0 Å². The van der Waals surface area contributed by atoms with Crippen molar-refractivity contribution in [1.82, 2.24) is 4.90 Å². The molecule has 1 fully saturated rings. The Balaban J connectivity index is 2.06. The van der Waals surface area contributed by atoms with Gasteiger partial charge in [-0.25, -0.2) is 0 Å². The molecular weight excluding hydrogens is 228 g/mol. The largest absolute Gasteiger partial charge is 0.380 e. The Morgan fingerprint density at radius 1 is 1.50 bits per heavy atom. The Morgan fingerprint density at radius 3 is 2.94 bits per heavy atom. The zero-order chi connectivity index (χ0) is 13.0. The second kappa shape index (κ2) is 5.87. The van der Waals surface area contributed by atoms with Crippen LogP contribution in [-0.2, 0) is 16.1 Å². The molecule has 1 saturated heterocycles. The van der Waals surface area contributed by atoms with Gasteiger partial charge in [-0.05, 0) is 18.1 Å². The minimum atomic E-state index is 0.0778. The number of ether oxygens (including phenoxy) is 1. The third-order valence-corrected chi connectivity index (χ3v) is 3.25. The fourth-order valence-electron chi connectivity index (χ4n) is 2.03. The van der Waals surface area contributed by atoms with Crippen molar-refractivity contribution in [1.29, 1.82) is 0 Å². The summed E-state index contributed by atoms with van der Waals surface area (Å²) in [5.41, 5.74) is 2.24. The Bertz CT molecular complexity index is 414. The van der Waals surface area contributed by atoms with E-state index in [2.05, 4.69) is 17.4 Å². The van der Waals surface area contributed by atoms with Crippen molar-refractivity contribution in [3.8, 4) is 0 Å². The van der Waals surface area contributed by atoms with E-state index in [1.54, 1.807) is 11.8 Å². The molecule has 4 heteroatoms. The molecule has 0 aromatic heterocycles. The van der Waals surface area contributed by atoms with Crippen molar-refractivity contribution in [3.63, 3.8) is 0 Å². The standard InChI is InChI=1S/C14H20N2O2/c1-11(17)16(2)9-12-5-3-4-6-14(12)15-13-7-8-18-10-13/h3-6,13,15H,7-10H2,1-2H3. The van der Waals surface area contributed by atoms with E-state index in [1.165, 1.54) is 0 Å². The van der Waals surface area contributed by atoms with Gasteiger partial charge in [-0.2, -0.15) is 0 Å². The van der Waals surface area contributed by atoms with E-state index in [-0.39, 0.29) is 5.91 Å². The summed E-state index contributed by atoms with van der Waals surface area (Å²) >= 11 is 0. The second-order valence-corrected chi connectivity index (χ2v) is 4.74. The van der Waals surface area contributed by atoms with Crippen molar-refractivity contribution < 1.29 is 9.53 Å². The number of carbonyl (C=O) groups is 1. The summed E-state index contributed by atoms with van der Waals surface area (Å²) in [6.45, 7) is 3.80. The van der Waals surface area contributed by atoms with Gasteiger partial charge in [-0.1, -0.05) is 18.2 Å². The molecule has 1 N–H and O–H groups in total. The van der Waals surface area contributed by atoms with E-state index in [9.17, 15) is 4.79 Å². The van der Waals surface area contributed by atoms with Gasteiger partial charge in [0.15, 0.2) is 0 Å². The molecule has 2 rings (SSSR count). The number of nitrogens with zero attached hydrogens (tertiary/aromatic N) is 1. The van der Waals surface area contributed by atoms with Crippen LogP contribution in [-0.4, -0.2) is 37.1 Å². The number of nitrogens with one attached hydrogen (secondary N) is 1. The first kappa shape index (κ1) is 12.9. The van der Waals surface area contributed by atoms with Gasteiger partial charge in [0.1, 0.15) is 0 Å². The van der Waals surface area contributed by atoms with E-state index in [4.69, 9.17) is 4.74 Å². The van der Waals surface area contributed by atoms with Crippen molar-refractivity contribution in [2.24, 2.45) is 0 Å². The summed E-state index contributed by atoms with van der Waals surface area (Å²) in [6, 6.07) is 8.50. The van der Waals surface area contributed by atoms with E-state index >= 15 is 0 Å². The number of amides is 1. The van der Waals surface area contributed by atoms with Crippen LogP contribution in [0, 0.1) is 0 Å². The van der Waals surface area contributed by atoms with Crippen molar-refractivity contribution in [2.75, 3.05) is 25.6 Å². The van der Waals surface area contributed by atoms with E-state index in [1.807, 2.05) is 19.2 Å². The molecule has 1 aromatic carbocycles. The van der Waals surface area contributed by atoms with Crippen LogP contribution in [0.3, 0.4) is 0 Å². The molecule has 1 aliphatic heterocycles. The Labute approximate surface area is 108 Å². The molecule has 1 atom stereocenters. The third-order valence-electron chi connectivity index (χ3n) is 3.25. The molecular formula is C14H20N2O2. The number of hydrogen-bond donors (Lipinski definition) is 1. The molecule has 4 nitrogen and oxygen atoms in total. The Hall–Kier alpha value is -1.55. The lowest BCUT2D eigenvalue weighted by molar-refractivity contribution is -0.128. The predicted octanol–water partition coefficient (Wildman–Crippen LogP) is 1.87. The summed E-state index contributed by atoms with van der Waals surface area (Å²) in [5.74, 6) is 0.0778. The quantitative estimate of drug-likeness (QED) is 0.884. The van der Waals surface area contributed by atoms with Crippen molar-refractivity contribution in [2.45, 2.75) is 25.9 Å². The molecule has 1 unspecified atom stereocenters. The molecule has 0 spiro atoms. The van der Waals surface area contributed by atoms with Gasteiger partial charge in [0.2, 0.25) is 5.91 Å². The Morgan fingerprint density at radius 2 is 2.28 bits per heavy atom. The van der Waals surface area contributed by atoms with Gasteiger partial charge in [-0.15, -0.1) is 0 Å². The maximum absolute atomic E-state index is 11.3. The first-order valence-corrected chi connectivity index (χ1v) is 6.30. The first-order valence-electron chi connectivity index (χ1n) is 6.30. The fourth-order valence-corrected chi connectivity index (χ4v) is 2.03. The molecule has 18 heavy (non-hydrogen) atoms. The average molecular weight is 248 g/mol. The van der Waals surface area contributed by atoms with Gasteiger partial charge in [-0.3, -0.25) is 4.79 Å². The maximum atomic E-state index is 11.3. The normalized spacial score (nSPS) is 18.7. The number of para-hydroxylation sites is 1. The molecule has 0 saturated carbocycles. The molecule has 1 amide bonds. The minimum absolute atomic E-state index is 0.0778. The molecule has 0 radical (unpaired) electrons. The lowest BCUT2D eigenvalue weighted by atomic mass is 10.1. The van der Waals surface area contributed by atoms with Crippen LogP contribution in [0.15, 0.2) is 24.3 Å². The number of rotatable bonds is 4. The van der Waals surface area contributed by atoms with Crippen LogP contribution >= 0.6 is 0 Å². The lowest BCUT2D eigenvalue weighted by Crippen LogP contribution is -2.25. The lowest BCUT2D eigenvalue weighted by Gasteiger charge is -2.20. The number of carbonyl (C=O) groups excluding carboxylic acids is 1. The SMILES string of the molecule is CC(=O)N(C)Cc1ccccc1NC1CCOC1. The molecule has 1 aromatic rings. The highest BCUT2D eigenvalue weighted by Gasteiger charge is 2.16. The average Bonchev–Trinajstić information content (AvgIpc) is 2.84. The summed E-state index contributed by atoms with van der Waals surface area (Å²) in [6.07, 6.45) is 1.04. The van der Waals surface area contributed by atoms with E-state index in [0.29, 0.717) is 12.6 Å². The minimum Gasteiger partial charge on any atom is -0.380 e. The second-order valence-electron chi connectivity index (χ2n) is 4.74. The molecule has 0 bridgehead atoms. The highest BCUT2D eigenvalue weighted by molar-refractivity contribution is 5.73. The predicted molar refractivity (Wildman–Crippen MR) is 71.4 cm³/mol.